The van der Waals surface area contributed by atoms with Gasteiger partial charge in [-0.2, -0.15) is 0 Å². The van der Waals surface area contributed by atoms with Crippen LogP contribution in [0.5, 0.6) is 5.75 Å². The number of piperidine rings is 1. The van der Waals surface area contributed by atoms with Crippen molar-refractivity contribution in [3.8, 4) is 5.75 Å². The van der Waals surface area contributed by atoms with Gasteiger partial charge in [0, 0.05) is 19.1 Å². The van der Waals surface area contributed by atoms with Gasteiger partial charge in [-0.1, -0.05) is 12.1 Å². The van der Waals surface area contributed by atoms with Crippen LogP contribution in [0.2, 0.25) is 0 Å². The topological polar surface area (TPSA) is 78.9 Å². The average molecular weight is 356 g/mol. The molecule has 1 aliphatic heterocycles. The van der Waals surface area contributed by atoms with Crippen LogP contribution in [0, 0.1) is 0 Å². The molecule has 1 heterocycles. The zero-order valence-corrected chi connectivity index (χ0v) is 15.3. The highest BCUT2D eigenvalue weighted by atomic mass is 32.2. The molecule has 0 unspecified atom stereocenters. The number of likely N-dealkylation sites (tertiary alicyclic amines) is 1. The normalized spacial score (nSPS) is 19.6. The second-order valence-corrected chi connectivity index (χ2v) is 8.77. The lowest BCUT2D eigenvalue weighted by Crippen LogP contribution is -2.48. The molecule has 1 aliphatic rings. The van der Waals surface area contributed by atoms with Crippen LogP contribution in [0.15, 0.2) is 24.3 Å². The van der Waals surface area contributed by atoms with E-state index in [0.717, 1.165) is 38.2 Å². The van der Waals surface area contributed by atoms with Gasteiger partial charge in [-0.15, -0.1) is 0 Å². The molecular weight excluding hydrogens is 328 g/mol. The lowest BCUT2D eigenvalue weighted by atomic mass is 10.1. The highest BCUT2D eigenvalue weighted by molar-refractivity contribution is 7.90. The van der Waals surface area contributed by atoms with Crippen LogP contribution in [-0.4, -0.2) is 56.0 Å². The standard InChI is InChI=1S/C17H28N2O4S/c1-14(2)24(21,22)18-16-4-3-9-19(13-16)12-15-5-7-17(8-6-15)23-11-10-20/h5-8,14,16,18,20H,3-4,9-13H2,1-2H3/t16-/m1/s1. The first-order valence-corrected chi connectivity index (χ1v) is 10.0. The summed E-state index contributed by atoms with van der Waals surface area (Å²) in [6.45, 7) is 6.19. The molecule has 1 fully saturated rings. The van der Waals surface area contributed by atoms with Crippen LogP contribution >= 0.6 is 0 Å². The monoisotopic (exact) mass is 356 g/mol. The van der Waals surface area contributed by atoms with Gasteiger partial charge in [-0.25, -0.2) is 13.1 Å². The quantitative estimate of drug-likeness (QED) is 0.735. The van der Waals surface area contributed by atoms with Crippen LogP contribution in [0.1, 0.15) is 32.3 Å². The summed E-state index contributed by atoms with van der Waals surface area (Å²) in [6, 6.07) is 7.80. The minimum atomic E-state index is -3.22. The Balaban J connectivity index is 1.88. The SMILES string of the molecule is CC(C)S(=O)(=O)N[C@@H]1CCCN(Cc2ccc(OCCO)cc2)C1. The molecule has 1 atom stereocenters. The van der Waals surface area contributed by atoms with Crippen molar-refractivity contribution in [2.24, 2.45) is 0 Å². The molecule has 2 N–H and O–H groups in total. The van der Waals surface area contributed by atoms with Crippen molar-refractivity contribution >= 4 is 10.0 Å². The smallest absolute Gasteiger partial charge is 0.214 e. The molecular formula is C17H28N2O4S. The van der Waals surface area contributed by atoms with Gasteiger partial charge < -0.3 is 9.84 Å². The molecule has 0 radical (unpaired) electrons. The summed E-state index contributed by atoms with van der Waals surface area (Å²) >= 11 is 0. The summed E-state index contributed by atoms with van der Waals surface area (Å²) in [7, 11) is -3.22. The van der Waals surface area contributed by atoms with E-state index < -0.39 is 15.3 Å². The summed E-state index contributed by atoms with van der Waals surface area (Å²) in [6.07, 6.45) is 1.87. The molecule has 1 aromatic rings. The highest BCUT2D eigenvalue weighted by Crippen LogP contribution is 2.17. The summed E-state index contributed by atoms with van der Waals surface area (Å²) in [5, 5.41) is 8.35. The van der Waals surface area contributed by atoms with E-state index in [1.807, 2.05) is 24.3 Å². The first-order chi connectivity index (χ1) is 11.4. The molecule has 6 nitrogen and oxygen atoms in total. The summed E-state index contributed by atoms with van der Waals surface area (Å²) < 4.78 is 32.2. The molecule has 0 saturated carbocycles. The van der Waals surface area contributed by atoms with Crippen molar-refractivity contribution in [3.05, 3.63) is 29.8 Å². The van der Waals surface area contributed by atoms with Gasteiger partial charge in [-0.3, -0.25) is 4.90 Å². The maximum Gasteiger partial charge on any atom is 0.214 e. The maximum absolute atomic E-state index is 12.0. The van der Waals surface area contributed by atoms with Crippen molar-refractivity contribution < 1.29 is 18.3 Å². The van der Waals surface area contributed by atoms with Gasteiger partial charge in [0.25, 0.3) is 0 Å². The zero-order valence-electron chi connectivity index (χ0n) is 14.4. The van der Waals surface area contributed by atoms with Gasteiger partial charge in [0.05, 0.1) is 11.9 Å². The number of nitrogens with one attached hydrogen (secondary N) is 1. The van der Waals surface area contributed by atoms with Gasteiger partial charge in [0.2, 0.25) is 10.0 Å². The first kappa shape index (κ1) is 19.2. The van der Waals surface area contributed by atoms with Crippen LogP contribution in [0.3, 0.4) is 0 Å². The third-order valence-corrected chi connectivity index (χ3v) is 6.05. The molecule has 1 saturated heterocycles. The Morgan fingerprint density at radius 3 is 2.67 bits per heavy atom. The number of hydrogen-bond donors (Lipinski definition) is 2. The predicted molar refractivity (Wildman–Crippen MR) is 94.5 cm³/mol. The Kier molecular flexibility index (Phi) is 7.03. The van der Waals surface area contributed by atoms with Gasteiger partial charge >= 0.3 is 0 Å². The minimum absolute atomic E-state index is 0.00318. The van der Waals surface area contributed by atoms with E-state index in [4.69, 9.17) is 9.84 Å². The Morgan fingerprint density at radius 2 is 2.04 bits per heavy atom. The van der Waals surface area contributed by atoms with E-state index in [-0.39, 0.29) is 12.6 Å². The Morgan fingerprint density at radius 1 is 1.33 bits per heavy atom. The van der Waals surface area contributed by atoms with E-state index in [1.54, 1.807) is 13.8 Å². The third kappa shape index (κ3) is 5.73. The average Bonchev–Trinajstić information content (AvgIpc) is 2.54. The van der Waals surface area contributed by atoms with Gasteiger partial charge in [-0.05, 0) is 50.9 Å². The fourth-order valence-corrected chi connectivity index (χ4v) is 3.71. The summed E-state index contributed by atoms with van der Waals surface area (Å²) in [5.41, 5.74) is 1.17. The van der Waals surface area contributed by atoms with E-state index >= 15 is 0 Å². The minimum Gasteiger partial charge on any atom is -0.491 e. The van der Waals surface area contributed by atoms with Gasteiger partial charge in [0.15, 0.2) is 0 Å². The molecule has 0 aromatic heterocycles. The summed E-state index contributed by atoms with van der Waals surface area (Å²) in [4.78, 5) is 2.28. The Bertz CT molecular complexity index is 602. The molecule has 7 heteroatoms. The lowest BCUT2D eigenvalue weighted by molar-refractivity contribution is 0.193. The molecule has 0 bridgehead atoms. The van der Waals surface area contributed by atoms with Crippen LogP contribution < -0.4 is 9.46 Å². The maximum atomic E-state index is 12.0. The van der Waals surface area contributed by atoms with Crippen LogP contribution in [0.25, 0.3) is 0 Å². The number of ether oxygens (including phenoxy) is 1. The molecule has 1 aromatic carbocycles. The number of sulfonamides is 1. The first-order valence-electron chi connectivity index (χ1n) is 8.47. The van der Waals surface area contributed by atoms with E-state index in [9.17, 15) is 8.42 Å². The summed E-state index contributed by atoms with van der Waals surface area (Å²) in [5.74, 6) is 0.744. The number of benzene rings is 1. The lowest BCUT2D eigenvalue weighted by Gasteiger charge is -2.33. The number of hydrogen-bond acceptors (Lipinski definition) is 5. The van der Waals surface area contributed by atoms with Crippen molar-refractivity contribution in [1.29, 1.82) is 0 Å². The van der Waals surface area contributed by atoms with E-state index in [1.165, 1.54) is 5.56 Å². The predicted octanol–water partition coefficient (Wildman–Crippen LogP) is 1.35. The number of aliphatic hydroxyl groups is 1. The van der Waals surface area contributed by atoms with Crippen molar-refractivity contribution in [2.45, 2.75) is 44.5 Å². The zero-order chi connectivity index (χ0) is 17.6. The van der Waals surface area contributed by atoms with Crippen LogP contribution in [-0.2, 0) is 16.6 Å². The van der Waals surface area contributed by atoms with Crippen molar-refractivity contribution in [3.63, 3.8) is 0 Å². The number of rotatable bonds is 8. The second kappa shape index (κ2) is 8.80. The molecule has 136 valence electrons. The fourth-order valence-electron chi connectivity index (χ4n) is 2.78. The van der Waals surface area contributed by atoms with E-state index in [2.05, 4.69) is 9.62 Å². The largest absolute Gasteiger partial charge is 0.491 e. The molecule has 0 spiro atoms. The molecule has 0 aliphatic carbocycles. The van der Waals surface area contributed by atoms with Crippen molar-refractivity contribution in [2.75, 3.05) is 26.3 Å². The Hall–Kier alpha value is -1.15. The van der Waals surface area contributed by atoms with E-state index in [0.29, 0.717) is 6.61 Å². The number of nitrogens with zero attached hydrogens (tertiary/aromatic N) is 1. The third-order valence-electron chi connectivity index (χ3n) is 4.15. The fraction of sp³-hybridized carbons (Fsp3) is 0.647. The molecule has 2 rings (SSSR count). The van der Waals surface area contributed by atoms with Crippen molar-refractivity contribution in [1.82, 2.24) is 9.62 Å². The molecule has 0 amide bonds. The second-order valence-electron chi connectivity index (χ2n) is 6.50. The van der Waals surface area contributed by atoms with Gasteiger partial charge in [0.1, 0.15) is 12.4 Å². The Labute approximate surface area is 144 Å². The highest BCUT2D eigenvalue weighted by Gasteiger charge is 2.25. The van der Waals surface area contributed by atoms with Crippen LogP contribution in [0.4, 0.5) is 0 Å². The molecule has 24 heavy (non-hydrogen) atoms. The number of aliphatic hydroxyl groups excluding tert-OH is 1.